The standard InChI is InChI=1S/C17H25FN2O/c1-4-12(5-2)8-13-6-7-15(18)14(9-13)17(3)11-21-10-16(19)20-17/h6-7,9,12H,4-5,8,10-11H2,1-3H3,(H2,19,20)/t17-/m0/s1. The summed E-state index contributed by atoms with van der Waals surface area (Å²) in [6, 6.07) is 5.34. The van der Waals surface area contributed by atoms with Gasteiger partial charge in [-0.3, -0.25) is 4.99 Å². The second-order valence-electron chi connectivity index (χ2n) is 6.07. The fourth-order valence-electron chi connectivity index (χ4n) is 2.90. The fraction of sp³-hybridized carbons (Fsp3) is 0.588. The van der Waals surface area contributed by atoms with Crippen molar-refractivity contribution in [3.05, 3.63) is 35.1 Å². The highest BCUT2D eigenvalue weighted by atomic mass is 19.1. The Kier molecular flexibility index (Phi) is 4.99. The molecule has 1 aromatic carbocycles. The molecule has 0 radical (unpaired) electrons. The summed E-state index contributed by atoms with van der Waals surface area (Å²) in [5.74, 6) is 0.814. The number of nitrogens with two attached hydrogens (primary N) is 1. The van der Waals surface area contributed by atoms with E-state index in [1.54, 1.807) is 6.07 Å². The maximum atomic E-state index is 14.3. The molecule has 116 valence electrons. The molecular weight excluding hydrogens is 267 g/mol. The predicted molar refractivity (Wildman–Crippen MR) is 84.0 cm³/mol. The number of rotatable bonds is 5. The van der Waals surface area contributed by atoms with Gasteiger partial charge in [-0.15, -0.1) is 0 Å². The molecule has 4 heteroatoms. The van der Waals surface area contributed by atoms with Gasteiger partial charge in [0.15, 0.2) is 0 Å². The Balaban J connectivity index is 2.33. The van der Waals surface area contributed by atoms with E-state index in [1.807, 2.05) is 19.1 Å². The van der Waals surface area contributed by atoms with E-state index in [0.29, 0.717) is 30.5 Å². The van der Waals surface area contributed by atoms with E-state index in [0.717, 1.165) is 24.8 Å². The van der Waals surface area contributed by atoms with Crippen LogP contribution in [0.2, 0.25) is 0 Å². The average Bonchev–Trinajstić information content (AvgIpc) is 2.46. The molecule has 0 saturated heterocycles. The molecule has 1 heterocycles. The van der Waals surface area contributed by atoms with E-state index < -0.39 is 5.54 Å². The monoisotopic (exact) mass is 292 g/mol. The number of benzene rings is 1. The molecule has 0 spiro atoms. The minimum absolute atomic E-state index is 0.243. The van der Waals surface area contributed by atoms with Gasteiger partial charge in [-0.25, -0.2) is 4.39 Å². The number of ether oxygens (including phenoxy) is 1. The van der Waals surface area contributed by atoms with Gasteiger partial charge < -0.3 is 10.5 Å². The molecule has 0 amide bonds. The number of aliphatic imine (C=N–C) groups is 1. The van der Waals surface area contributed by atoms with Crippen molar-refractivity contribution in [2.45, 2.75) is 45.6 Å². The Bertz CT molecular complexity index is 526. The third kappa shape index (κ3) is 3.62. The third-order valence-electron chi connectivity index (χ3n) is 4.31. The molecular formula is C17H25FN2O. The molecule has 1 aliphatic rings. The molecule has 2 rings (SSSR count). The summed E-state index contributed by atoms with van der Waals surface area (Å²) in [5.41, 5.74) is 6.77. The quantitative estimate of drug-likeness (QED) is 0.904. The molecule has 0 unspecified atom stereocenters. The lowest BCUT2D eigenvalue weighted by atomic mass is 9.88. The molecule has 1 aromatic rings. The van der Waals surface area contributed by atoms with Gasteiger partial charge in [0, 0.05) is 5.56 Å². The Morgan fingerprint density at radius 3 is 2.71 bits per heavy atom. The van der Waals surface area contributed by atoms with Crippen molar-refractivity contribution in [1.29, 1.82) is 0 Å². The van der Waals surface area contributed by atoms with Crippen molar-refractivity contribution in [3.8, 4) is 0 Å². The minimum atomic E-state index is -0.726. The number of halogens is 1. The number of hydrogen-bond donors (Lipinski definition) is 1. The minimum Gasteiger partial charge on any atom is -0.386 e. The Morgan fingerprint density at radius 1 is 1.38 bits per heavy atom. The summed E-state index contributed by atoms with van der Waals surface area (Å²) >= 11 is 0. The molecule has 1 aliphatic heterocycles. The Labute approximate surface area is 126 Å². The van der Waals surface area contributed by atoms with Crippen LogP contribution in [0.4, 0.5) is 4.39 Å². The first-order valence-electron chi connectivity index (χ1n) is 7.69. The van der Waals surface area contributed by atoms with Crippen LogP contribution in [0.25, 0.3) is 0 Å². The second kappa shape index (κ2) is 6.56. The van der Waals surface area contributed by atoms with Crippen LogP contribution in [0.15, 0.2) is 23.2 Å². The summed E-state index contributed by atoms with van der Waals surface area (Å²) in [7, 11) is 0. The van der Waals surface area contributed by atoms with Crippen LogP contribution in [-0.4, -0.2) is 19.0 Å². The maximum absolute atomic E-state index is 14.3. The average molecular weight is 292 g/mol. The lowest BCUT2D eigenvalue weighted by Crippen LogP contribution is -2.38. The fourth-order valence-corrected chi connectivity index (χ4v) is 2.90. The van der Waals surface area contributed by atoms with Crippen LogP contribution >= 0.6 is 0 Å². The largest absolute Gasteiger partial charge is 0.386 e. The van der Waals surface area contributed by atoms with Crippen molar-refractivity contribution in [2.24, 2.45) is 16.6 Å². The lowest BCUT2D eigenvalue weighted by Gasteiger charge is -2.30. The van der Waals surface area contributed by atoms with Crippen LogP contribution in [0.3, 0.4) is 0 Å². The summed E-state index contributed by atoms with van der Waals surface area (Å²) in [6.07, 6.45) is 3.24. The van der Waals surface area contributed by atoms with Crippen LogP contribution in [0.1, 0.15) is 44.7 Å². The van der Waals surface area contributed by atoms with E-state index in [2.05, 4.69) is 18.8 Å². The first-order chi connectivity index (χ1) is 9.98. The maximum Gasteiger partial charge on any atom is 0.128 e. The highest BCUT2D eigenvalue weighted by Gasteiger charge is 2.32. The highest BCUT2D eigenvalue weighted by molar-refractivity contribution is 5.82. The first-order valence-corrected chi connectivity index (χ1v) is 7.69. The van der Waals surface area contributed by atoms with E-state index in [1.165, 1.54) is 0 Å². The van der Waals surface area contributed by atoms with E-state index in [4.69, 9.17) is 10.5 Å². The molecule has 0 saturated carbocycles. The van der Waals surface area contributed by atoms with E-state index in [-0.39, 0.29) is 5.82 Å². The zero-order valence-corrected chi connectivity index (χ0v) is 13.2. The zero-order valence-electron chi connectivity index (χ0n) is 13.2. The van der Waals surface area contributed by atoms with Crippen LogP contribution in [-0.2, 0) is 16.7 Å². The molecule has 21 heavy (non-hydrogen) atoms. The molecule has 0 aliphatic carbocycles. The van der Waals surface area contributed by atoms with Crippen LogP contribution in [0.5, 0.6) is 0 Å². The molecule has 0 aromatic heterocycles. The summed E-state index contributed by atoms with van der Waals surface area (Å²) in [5, 5.41) is 0. The summed E-state index contributed by atoms with van der Waals surface area (Å²) in [6.45, 7) is 6.95. The smallest absolute Gasteiger partial charge is 0.128 e. The van der Waals surface area contributed by atoms with Gasteiger partial charge in [0.1, 0.15) is 23.8 Å². The van der Waals surface area contributed by atoms with Gasteiger partial charge in [0.05, 0.1) is 6.61 Å². The van der Waals surface area contributed by atoms with E-state index in [9.17, 15) is 4.39 Å². The normalized spacial score (nSPS) is 22.4. The molecule has 0 bridgehead atoms. The summed E-state index contributed by atoms with van der Waals surface area (Å²) < 4.78 is 19.7. The highest BCUT2D eigenvalue weighted by Crippen LogP contribution is 2.31. The van der Waals surface area contributed by atoms with Gasteiger partial charge in [-0.1, -0.05) is 38.8 Å². The number of amidine groups is 1. The Hall–Kier alpha value is -1.42. The van der Waals surface area contributed by atoms with Gasteiger partial charge in [-0.2, -0.15) is 0 Å². The van der Waals surface area contributed by atoms with Gasteiger partial charge in [0.25, 0.3) is 0 Å². The number of hydrogen-bond acceptors (Lipinski definition) is 3. The van der Waals surface area contributed by atoms with Crippen LogP contribution in [0, 0.1) is 11.7 Å². The van der Waals surface area contributed by atoms with Crippen molar-refractivity contribution in [2.75, 3.05) is 13.2 Å². The number of nitrogens with zero attached hydrogens (tertiary/aromatic N) is 1. The zero-order chi connectivity index (χ0) is 15.5. The second-order valence-corrected chi connectivity index (χ2v) is 6.07. The van der Waals surface area contributed by atoms with Gasteiger partial charge in [0.2, 0.25) is 0 Å². The van der Waals surface area contributed by atoms with Crippen molar-refractivity contribution in [3.63, 3.8) is 0 Å². The van der Waals surface area contributed by atoms with Gasteiger partial charge >= 0.3 is 0 Å². The molecule has 1 atom stereocenters. The third-order valence-corrected chi connectivity index (χ3v) is 4.31. The Morgan fingerprint density at radius 2 is 2.10 bits per heavy atom. The molecule has 0 fully saturated rings. The first kappa shape index (κ1) is 16.0. The topological polar surface area (TPSA) is 47.6 Å². The predicted octanol–water partition coefficient (Wildman–Crippen LogP) is 3.41. The van der Waals surface area contributed by atoms with Crippen molar-refractivity contribution >= 4 is 5.84 Å². The van der Waals surface area contributed by atoms with Crippen molar-refractivity contribution in [1.82, 2.24) is 0 Å². The summed E-state index contributed by atoms with van der Waals surface area (Å²) in [4.78, 5) is 4.44. The van der Waals surface area contributed by atoms with Gasteiger partial charge in [-0.05, 0) is 30.9 Å². The molecule has 2 N–H and O–H groups in total. The van der Waals surface area contributed by atoms with Crippen molar-refractivity contribution < 1.29 is 9.13 Å². The SMILES string of the molecule is CCC(CC)Cc1ccc(F)c([C@]2(C)COCC(N)=N2)c1. The lowest BCUT2D eigenvalue weighted by molar-refractivity contribution is 0.104. The van der Waals surface area contributed by atoms with Crippen LogP contribution < -0.4 is 5.73 Å². The van der Waals surface area contributed by atoms with E-state index >= 15 is 0 Å². The molecule has 3 nitrogen and oxygen atoms in total.